The van der Waals surface area contributed by atoms with Crippen LogP contribution in [-0.2, 0) is 0 Å². The van der Waals surface area contributed by atoms with Gasteiger partial charge in [-0.2, -0.15) is 0 Å². The van der Waals surface area contributed by atoms with Gasteiger partial charge in [0.05, 0.1) is 0 Å². The fourth-order valence-corrected chi connectivity index (χ4v) is 0.272. The van der Waals surface area contributed by atoms with Gasteiger partial charge in [0.2, 0.25) is 0 Å². The van der Waals surface area contributed by atoms with Gasteiger partial charge in [0.1, 0.15) is 0 Å². The van der Waals surface area contributed by atoms with Crippen LogP contribution in [0.4, 0.5) is 0 Å². The smallest absolute Gasteiger partial charge is 0.0172 e. The molecule has 0 aromatic rings. The van der Waals surface area contributed by atoms with E-state index in [1.54, 1.807) is 6.08 Å². The standard InChI is InChI=1S/C7H11N/c1-3-4-5-7(2)6-8/h3-5H,1-2,6,8H2. The van der Waals surface area contributed by atoms with Crippen molar-refractivity contribution in [3.8, 4) is 0 Å². The molecule has 0 aromatic carbocycles. The first-order valence-electron chi connectivity index (χ1n) is 2.48. The van der Waals surface area contributed by atoms with Gasteiger partial charge in [-0.3, -0.25) is 0 Å². The minimum absolute atomic E-state index is 0.518. The SMILES string of the molecule is C=CC=CC(=C)CN. The Morgan fingerprint density at radius 2 is 2.25 bits per heavy atom. The molecule has 0 saturated heterocycles. The van der Waals surface area contributed by atoms with Gasteiger partial charge in [0.15, 0.2) is 0 Å². The van der Waals surface area contributed by atoms with E-state index in [0.717, 1.165) is 5.57 Å². The van der Waals surface area contributed by atoms with Crippen LogP contribution in [0.15, 0.2) is 37.0 Å². The molecular formula is C7H11N. The molecule has 8 heavy (non-hydrogen) atoms. The molecule has 0 unspecified atom stereocenters. The summed E-state index contributed by atoms with van der Waals surface area (Å²) in [5.41, 5.74) is 6.15. The highest BCUT2D eigenvalue weighted by molar-refractivity contribution is 5.18. The molecular weight excluding hydrogens is 98.1 g/mol. The van der Waals surface area contributed by atoms with Crippen molar-refractivity contribution in [1.29, 1.82) is 0 Å². The minimum atomic E-state index is 0.518. The molecule has 44 valence electrons. The number of hydrogen-bond acceptors (Lipinski definition) is 1. The molecule has 0 saturated carbocycles. The summed E-state index contributed by atoms with van der Waals surface area (Å²) in [5, 5.41) is 0. The summed E-state index contributed by atoms with van der Waals surface area (Å²) in [6, 6.07) is 0. The van der Waals surface area contributed by atoms with Gasteiger partial charge in [-0.1, -0.05) is 31.4 Å². The molecule has 0 aromatic heterocycles. The highest BCUT2D eigenvalue weighted by Gasteiger charge is 1.75. The van der Waals surface area contributed by atoms with Crippen molar-refractivity contribution in [2.45, 2.75) is 0 Å². The molecule has 0 amide bonds. The second-order valence-corrected chi connectivity index (χ2v) is 1.46. The van der Waals surface area contributed by atoms with Gasteiger partial charge in [-0.05, 0) is 5.57 Å². The summed E-state index contributed by atoms with van der Waals surface area (Å²) >= 11 is 0. The van der Waals surface area contributed by atoms with Crippen LogP contribution in [0, 0.1) is 0 Å². The lowest BCUT2D eigenvalue weighted by molar-refractivity contribution is 1.20. The molecule has 0 atom stereocenters. The minimum Gasteiger partial charge on any atom is -0.327 e. The zero-order chi connectivity index (χ0) is 6.41. The molecule has 0 aliphatic carbocycles. The molecule has 0 bridgehead atoms. The van der Waals surface area contributed by atoms with E-state index in [2.05, 4.69) is 13.2 Å². The van der Waals surface area contributed by atoms with Gasteiger partial charge in [0, 0.05) is 6.54 Å². The molecule has 1 heteroatoms. The lowest BCUT2D eigenvalue weighted by atomic mass is 10.3. The normalized spacial score (nSPS) is 9.62. The molecule has 0 heterocycles. The van der Waals surface area contributed by atoms with Gasteiger partial charge < -0.3 is 5.73 Å². The zero-order valence-corrected chi connectivity index (χ0v) is 4.93. The molecule has 0 fully saturated rings. The predicted octanol–water partition coefficient (Wildman–Crippen LogP) is 1.24. The van der Waals surface area contributed by atoms with E-state index >= 15 is 0 Å². The predicted molar refractivity (Wildman–Crippen MR) is 37.5 cm³/mol. The van der Waals surface area contributed by atoms with Gasteiger partial charge in [-0.15, -0.1) is 0 Å². The van der Waals surface area contributed by atoms with E-state index in [9.17, 15) is 0 Å². The molecule has 0 rings (SSSR count). The van der Waals surface area contributed by atoms with Gasteiger partial charge in [0.25, 0.3) is 0 Å². The van der Waals surface area contributed by atoms with Crippen molar-refractivity contribution in [2.24, 2.45) is 5.73 Å². The third-order valence-electron chi connectivity index (χ3n) is 0.730. The van der Waals surface area contributed by atoms with Crippen LogP contribution >= 0.6 is 0 Å². The highest BCUT2D eigenvalue weighted by Crippen LogP contribution is 1.86. The second-order valence-electron chi connectivity index (χ2n) is 1.46. The second kappa shape index (κ2) is 4.34. The van der Waals surface area contributed by atoms with Crippen LogP contribution in [0.1, 0.15) is 0 Å². The number of nitrogens with two attached hydrogens (primary N) is 1. The lowest BCUT2D eigenvalue weighted by Crippen LogP contribution is -1.98. The topological polar surface area (TPSA) is 26.0 Å². The molecule has 0 spiro atoms. The first kappa shape index (κ1) is 7.18. The first-order valence-corrected chi connectivity index (χ1v) is 2.48. The average Bonchev–Trinajstić information content (AvgIpc) is 1.83. The van der Waals surface area contributed by atoms with Crippen molar-refractivity contribution >= 4 is 0 Å². The van der Waals surface area contributed by atoms with Crippen LogP contribution in [0.2, 0.25) is 0 Å². The third-order valence-corrected chi connectivity index (χ3v) is 0.730. The molecule has 1 nitrogen and oxygen atoms in total. The lowest BCUT2D eigenvalue weighted by Gasteiger charge is -1.86. The Kier molecular flexibility index (Phi) is 3.90. The van der Waals surface area contributed by atoms with Crippen molar-refractivity contribution in [3.63, 3.8) is 0 Å². The Morgan fingerprint density at radius 1 is 1.62 bits per heavy atom. The Morgan fingerprint density at radius 3 is 2.62 bits per heavy atom. The summed E-state index contributed by atoms with van der Waals surface area (Å²) in [5.74, 6) is 0. The van der Waals surface area contributed by atoms with Crippen LogP contribution in [0.5, 0.6) is 0 Å². The van der Waals surface area contributed by atoms with E-state index in [0.29, 0.717) is 6.54 Å². The van der Waals surface area contributed by atoms with Crippen LogP contribution in [0.25, 0.3) is 0 Å². The summed E-state index contributed by atoms with van der Waals surface area (Å²) in [6.07, 6.45) is 5.35. The molecule has 0 aliphatic heterocycles. The Bertz CT molecular complexity index is 112. The third kappa shape index (κ3) is 3.37. The molecule has 2 N–H and O–H groups in total. The van der Waals surface area contributed by atoms with Crippen LogP contribution in [-0.4, -0.2) is 6.54 Å². The van der Waals surface area contributed by atoms with Crippen LogP contribution < -0.4 is 5.73 Å². The summed E-state index contributed by atoms with van der Waals surface area (Å²) in [4.78, 5) is 0. The van der Waals surface area contributed by atoms with Crippen molar-refractivity contribution in [3.05, 3.63) is 37.0 Å². The van der Waals surface area contributed by atoms with E-state index < -0.39 is 0 Å². The van der Waals surface area contributed by atoms with Crippen molar-refractivity contribution in [2.75, 3.05) is 6.54 Å². The number of rotatable bonds is 3. The molecule has 0 radical (unpaired) electrons. The average molecular weight is 109 g/mol. The number of allylic oxidation sites excluding steroid dienone is 2. The summed E-state index contributed by atoms with van der Waals surface area (Å²) in [6.45, 7) is 7.67. The summed E-state index contributed by atoms with van der Waals surface area (Å²) in [7, 11) is 0. The Balaban J connectivity index is 3.52. The van der Waals surface area contributed by atoms with E-state index in [1.807, 2.05) is 12.2 Å². The van der Waals surface area contributed by atoms with E-state index in [1.165, 1.54) is 0 Å². The van der Waals surface area contributed by atoms with Gasteiger partial charge >= 0.3 is 0 Å². The first-order chi connectivity index (χ1) is 3.81. The van der Waals surface area contributed by atoms with E-state index in [4.69, 9.17) is 5.73 Å². The fourth-order valence-electron chi connectivity index (χ4n) is 0.272. The number of hydrogen-bond donors (Lipinski definition) is 1. The van der Waals surface area contributed by atoms with Crippen molar-refractivity contribution < 1.29 is 0 Å². The monoisotopic (exact) mass is 109 g/mol. The van der Waals surface area contributed by atoms with E-state index in [-0.39, 0.29) is 0 Å². The highest BCUT2D eigenvalue weighted by atomic mass is 14.5. The molecule has 0 aliphatic rings. The zero-order valence-electron chi connectivity index (χ0n) is 4.93. The Labute approximate surface area is 50.2 Å². The largest absolute Gasteiger partial charge is 0.327 e. The quantitative estimate of drug-likeness (QED) is 0.542. The maximum absolute atomic E-state index is 5.23. The summed E-state index contributed by atoms with van der Waals surface area (Å²) < 4.78 is 0. The fraction of sp³-hybridized carbons (Fsp3) is 0.143. The Hall–Kier alpha value is -0.820. The van der Waals surface area contributed by atoms with Crippen LogP contribution in [0.3, 0.4) is 0 Å². The maximum Gasteiger partial charge on any atom is 0.0172 e. The van der Waals surface area contributed by atoms with Crippen molar-refractivity contribution in [1.82, 2.24) is 0 Å². The van der Waals surface area contributed by atoms with Gasteiger partial charge in [-0.25, -0.2) is 0 Å². The maximum atomic E-state index is 5.23.